The van der Waals surface area contributed by atoms with Crippen molar-refractivity contribution in [3.63, 3.8) is 0 Å². The van der Waals surface area contributed by atoms with Crippen LogP contribution in [-0.2, 0) is 4.79 Å². The molecular formula is C13H18N2O2. The maximum atomic E-state index is 11.3. The van der Waals surface area contributed by atoms with E-state index in [9.17, 15) is 9.90 Å². The zero-order chi connectivity index (χ0) is 12.3. The molecule has 17 heavy (non-hydrogen) atoms. The van der Waals surface area contributed by atoms with E-state index < -0.39 is 12.0 Å². The molecule has 2 rings (SSSR count). The quantitative estimate of drug-likeness (QED) is 0.733. The fraction of sp³-hybridized carbons (Fsp3) is 0.462. The van der Waals surface area contributed by atoms with Crippen LogP contribution in [0.15, 0.2) is 30.3 Å². The summed E-state index contributed by atoms with van der Waals surface area (Å²) in [6, 6.07) is 9.05. The summed E-state index contributed by atoms with van der Waals surface area (Å²) in [5.41, 5.74) is 6.62. The third-order valence-corrected chi connectivity index (χ3v) is 3.26. The molecule has 1 aliphatic rings. The monoisotopic (exact) mass is 234 g/mol. The van der Waals surface area contributed by atoms with Gasteiger partial charge < -0.3 is 10.8 Å². The molecule has 1 fully saturated rings. The predicted molar refractivity (Wildman–Crippen MR) is 65.6 cm³/mol. The Morgan fingerprint density at radius 2 is 2.06 bits per heavy atom. The van der Waals surface area contributed by atoms with E-state index >= 15 is 0 Å². The minimum Gasteiger partial charge on any atom is -0.480 e. The van der Waals surface area contributed by atoms with Crippen molar-refractivity contribution in [2.24, 2.45) is 5.73 Å². The van der Waals surface area contributed by atoms with Crippen molar-refractivity contribution in [3.05, 3.63) is 35.9 Å². The molecule has 1 saturated carbocycles. The SMILES string of the molecule is NC1CCC(NC(C(=O)O)c2ccccc2)C1. The van der Waals surface area contributed by atoms with Gasteiger partial charge in [0.1, 0.15) is 6.04 Å². The van der Waals surface area contributed by atoms with Gasteiger partial charge >= 0.3 is 5.97 Å². The summed E-state index contributed by atoms with van der Waals surface area (Å²) in [6.45, 7) is 0. The number of hydrogen-bond donors (Lipinski definition) is 3. The average molecular weight is 234 g/mol. The van der Waals surface area contributed by atoms with Gasteiger partial charge in [0, 0.05) is 12.1 Å². The number of rotatable bonds is 4. The van der Waals surface area contributed by atoms with Crippen LogP contribution in [0.5, 0.6) is 0 Å². The Morgan fingerprint density at radius 1 is 1.35 bits per heavy atom. The van der Waals surface area contributed by atoms with Crippen LogP contribution in [0, 0.1) is 0 Å². The van der Waals surface area contributed by atoms with Crippen molar-refractivity contribution in [2.75, 3.05) is 0 Å². The van der Waals surface area contributed by atoms with Crippen LogP contribution in [-0.4, -0.2) is 23.2 Å². The second-order valence-corrected chi connectivity index (χ2v) is 4.62. The van der Waals surface area contributed by atoms with Crippen molar-refractivity contribution in [1.29, 1.82) is 0 Å². The van der Waals surface area contributed by atoms with Crippen LogP contribution in [0.1, 0.15) is 30.9 Å². The van der Waals surface area contributed by atoms with Gasteiger partial charge in [-0.1, -0.05) is 30.3 Å². The van der Waals surface area contributed by atoms with E-state index in [4.69, 9.17) is 5.73 Å². The Kier molecular flexibility index (Phi) is 3.76. The summed E-state index contributed by atoms with van der Waals surface area (Å²) in [5.74, 6) is -0.836. The molecule has 92 valence electrons. The molecule has 0 heterocycles. The Balaban J connectivity index is 2.06. The molecule has 0 spiro atoms. The molecule has 0 aromatic heterocycles. The van der Waals surface area contributed by atoms with Crippen molar-refractivity contribution < 1.29 is 9.90 Å². The number of carbonyl (C=O) groups is 1. The molecule has 0 radical (unpaired) electrons. The molecule has 0 saturated heterocycles. The van der Waals surface area contributed by atoms with Gasteiger partial charge in [-0.25, -0.2) is 0 Å². The van der Waals surface area contributed by atoms with E-state index in [2.05, 4.69) is 5.32 Å². The fourth-order valence-electron chi connectivity index (χ4n) is 2.36. The molecule has 4 nitrogen and oxygen atoms in total. The number of nitrogens with two attached hydrogens (primary N) is 1. The number of carboxylic acid groups (broad SMARTS) is 1. The van der Waals surface area contributed by atoms with Gasteiger partial charge in [-0.3, -0.25) is 10.1 Å². The minimum absolute atomic E-state index is 0.206. The summed E-state index contributed by atoms with van der Waals surface area (Å²) in [6.07, 6.45) is 2.78. The second kappa shape index (κ2) is 5.29. The van der Waals surface area contributed by atoms with Crippen LogP contribution >= 0.6 is 0 Å². The maximum absolute atomic E-state index is 11.3. The van der Waals surface area contributed by atoms with E-state index in [1.807, 2.05) is 30.3 Å². The van der Waals surface area contributed by atoms with Crippen molar-refractivity contribution in [1.82, 2.24) is 5.32 Å². The van der Waals surface area contributed by atoms with Gasteiger partial charge in [-0.15, -0.1) is 0 Å². The lowest BCUT2D eigenvalue weighted by Gasteiger charge is -2.19. The molecule has 0 bridgehead atoms. The highest BCUT2D eigenvalue weighted by Crippen LogP contribution is 2.21. The molecular weight excluding hydrogens is 216 g/mol. The largest absolute Gasteiger partial charge is 0.480 e. The lowest BCUT2D eigenvalue weighted by molar-refractivity contribution is -0.139. The van der Waals surface area contributed by atoms with Crippen molar-refractivity contribution >= 4 is 5.97 Å². The number of aliphatic carboxylic acids is 1. The summed E-state index contributed by atoms with van der Waals surface area (Å²) in [5, 5.41) is 12.4. The lowest BCUT2D eigenvalue weighted by atomic mass is 10.1. The Bertz CT molecular complexity index is 380. The fourth-order valence-corrected chi connectivity index (χ4v) is 2.36. The van der Waals surface area contributed by atoms with Crippen LogP contribution in [0.25, 0.3) is 0 Å². The summed E-state index contributed by atoms with van der Waals surface area (Å²) in [7, 11) is 0. The minimum atomic E-state index is -0.836. The van der Waals surface area contributed by atoms with Gasteiger partial charge in [0.25, 0.3) is 0 Å². The molecule has 1 aliphatic carbocycles. The van der Waals surface area contributed by atoms with Gasteiger partial charge in [-0.05, 0) is 24.8 Å². The molecule has 1 aromatic rings. The summed E-state index contributed by atoms with van der Waals surface area (Å²) >= 11 is 0. The van der Waals surface area contributed by atoms with E-state index in [-0.39, 0.29) is 12.1 Å². The lowest BCUT2D eigenvalue weighted by Crippen LogP contribution is -2.36. The Morgan fingerprint density at radius 3 is 2.59 bits per heavy atom. The van der Waals surface area contributed by atoms with Crippen LogP contribution in [0.3, 0.4) is 0 Å². The van der Waals surface area contributed by atoms with E-state index in [1.54, 1.807) is 0 Å². The zero-order valence-corrected chi connectivity index (χ0v) is 9.67. The Labute approximate surface area is 101 Å². The predicted octanol–water partition coefficient (Wildman–Crippen LogP) is 1.28. The van der Waals surface area contributed by atoms with Crippen LogP contribution in [0.4, 0.5) is 0 Å². The van der Waals surface area contributed by atoms with E-state index in [0.717, 1.165) is 24.8 Å². The van der Waals surface area contributed by atoms with Gasteiger partial charge in [0.05, 0.1) is 0 Å². The average Bonchev–Trinajstić information content (AvgIpc) is 2.73. The smallest absolute Gasteiger partial charge is 0.325 e. The molecule has 1 aromatic carbocycles. The zero-order valence-electron chi connectivity index (χ0n) is 9.67. The molecule has 0 amide bonds. The Hall–Kier alpha value is -1.39. The molecule has 3 atom stereocenters. The van der Waals surface area contributed by atoms with Crippen molar-refractivity contribution in [3.8, 4) is 0 Å². The first-order valence-electron chi connectivity index (χ1n) is 5.96. The highest BCUT2D eigenvalue weighted by atomic mass is 16.4. The van der Waals surface area contributed by atoms with Crippen LogP contribution < -0.4 is 11.1 Å². The van der Waals surface area contributed by atoms with Crippen LogP contribution in [0.2, 0.25) is 0 Å². The van der Waals surface area contributed by atoms with Gasteiger partial charge in [-0.2, -0.15) is 0 Å². The third kappa shape index (κ3) is 3.05. The highest BCUT2D eigenvalue weighted by Gasteiger charge is 2.27. The third-order valence-electron chi connectivity index (χ3n) is 3.26. The first-order chi connectivity index (χ1) is 8.16. The standard InChI is InChI=1S/C13H18N2O2/c14-10-6-7-11(8-10)15-12(13(16)17)9-4-2-1-3-5-9/h1-5,10-12,15H,6-8,14H2,(H,16,17). The number of hydrogen-bond acceptors (Lipinski definition) is 3. The number of benzene rings is 1. The number of carboxylic acids is 1. The first kappa shape index (κ1) is 12.1. The van der Waals surface area contributed by atoms with E-state index in [1.165, 1.54) is 0 Å². The highest BCUT2D eigenvalue weighted by molar-refractivity contribution is 5.75. The first-order valence-corrected chi connectivity index (χ1v) is 5.96. The second-order valence-electron chi connectivity index (χ2n) is 4.62. The topological polar surface area (TPSA) is 75.3 Å². The van der Waals surface area contributed by atoms with Gasteiger partial charge in [0.2, 0.25) is 0 Å². The van der Waals surface area contributed by atoms with Crippen molar-refractivity contribution in [2.45, 2.75) is 37.4 Å². The number of nitrogens with one attached hydrogen (secondary N) is 1. The molecule has 0 aliphatic heterocycles. The normalized spacial score (nSPS) is 25.7. The summed E-state index contributed by atoms with van der Waals surface area (Å²) < 4.78 is 0. The molecule has 4 N–H and O–H groups in total. The van der Waals surface area contributed by atoms with E-state index in [0.29, 0.717) is 0 Å². The molecule has 3 unspecified atom stereocenters. The van der Waals surface area contributed by atoms with Gasteiger partial charge in [0.15, 0.2) is 0 Å². The maximum Gasteiger partial charge on any atom is 0.325 e. The molecule has 4 heteroatoms. The summed E-state index contributed by atoms with van der Waals surface area (Å²) in [4.78, 5) is 11.3.